The van der Waals surface area contributed by atoms with Crippen molar-refractivity contribution in [3.05, 3.63) is 21.9 Å². The highest BCUT2D eigenvalue weighted by Crippen LogP contribution is 2.34. The van der Waals surface area contributed by atoms with Gasteiger partial charge in [0.05, 0.1) is 12.2 Å². The smallest absolute Gasteiger partial charge is 0.0951 e. The van der Waals surface area contributed by atoms with Crippen LogP contribution in [0.15, 0.2) is 12.1 Å². The van der Waals surface area contributed by atoms with E-state index in [1.54, 1.807) is 0 Å². The molecular formula is C15H23NO2S. The number of nitrogens with one attached hydrogen (secondary N) is 1. The SMILES string of the molecule is Cc1ccc(C(C)NC2CCOC3(CCOC3)C2)s1. The molecule has 3 rings (SSSR count). The number of hydrogen-bond acceptors (Lipinski definition) is 4. The van der Waals surface area contributed by atoms with Gasteiger partial charge in [0.2, 0.25) is 0 Å². The van der Waals surface area contributed by atoms with E-state index in [2.05, 4.69) is 31.3 Å². The maximum atomic E-state index is 5.99. The fourth-order valence-electron chi connectivity index (χ4n) is 3.16. The minimum absolute atomic E-state index is 0.000995. The van der Waals surface area contributed by atoms with Crippen LogP contribution >= 0.6 is 11.3 Å². The highest BCUT2D eigenvalue weighted by Gasteiger charge is 2.41. The molecule has 19 heavy (non-hydrogen) atoms. The minimum Gasteiger partial charge on any atom is -0.378 e. The van der Waals surface area contributed by atoms with E-state index >= 15 is 0 Å². The highest BCUT2D eigenvalue weighted by atomic mass is 32.1. The summed E-state index contributed by atoms with van der Waals surface area (Å²) in [5, 5.41) is 3.77. The zero-order valence-corrected chi connectivity index (χ0v) is 12.6. The molecule has 0 aromatic carbocycles. The highest BCUT2D eigenvalue weighted by molar-refractivity contribution is 7.12. The van der Waals surface area contributed by atoms with Gasteiger partial charge in [-0.15, -0.1) is 11.3 Å². The monoisotopic (exact) mass is 281 g/mol. The first-order valence-corrected chi connectivity index (χ1v) is 8.03. The van der Waals surface area contributed by atoms with Crippen LogP contribution in [0.2, 0.25) is 0 Å². The van der Waals surface area contributed by atoms with Crippen LogP contribution in [-0.2, 0) is 9.47 Å². The van der Waals surface area contributed by atoms with Gasteiger partial charge < -0.3 is 14.8 Å². The Labute approximate surface area is 119 Å². The molecule has 1 N–H and O–H groups in total. The predicted molar refractivity (Wildman–Crippen MR) is 77.7 cm³/mol. The lowest BCUT2D eigenvalue weighted by atomic mass is 9.89. The lowest BCUT2D eigenvalue weighted by Gasteiger charge is -2.38. The maximum absolute atomic E-state index is 5.99. The molecule has 4 heteroatoms. The van der Waals surface area contributed by atoms with Crippen LogP contribution in [0.3, 0.4) is 0 Å². The Morgan fingerprint density at radius 3 is 3.00 bits per heavy atom. The van der Waals surface area contributed by atoms with Crippen molar-refractivity contribution in [1.29, 1.82) is 0 Å². The summed E-state index contributed by atoms with van der Waals surface area (Å²) in [6, 6.07) is 5.42. The van der Waals surface area contributed by atoms with Crippen molar-refractivity contribution < 1.29 is 9.47 Å². The Hall–Kier alpha value is -0.420. The van der Waals surface area contributed by atoms with E-state index < -0.39 is 0 Å². The summed E-state index contributed by atoms with van der Waals surface area (Å²) in [5.41, 5.74) is 0.000995. The largest absolute Gasteiger partial charge is 0.378 e. The van der Waals surface area contributed by atoms with Gasteiger partial charge in [0, 0.05) is 41.5 Å². The molecule has 1 spiro atoms. The van der Waals surface area contributed by atoms with Crippen molar-refractivity contribution in [2.75, 3.05) is 19.8 Å². The topological polar surface area (TPSA) is 30.5 Å². The van der Waals surface area contributed by atoms with Gasteiger partial charge in [0.15, 0.2) is 0 Å². The third-order valence-electron chi connectivity index (χ3n) is 4.23. The maximum Gasteiger partial charge on any atom is 0.0951 e. The minimum atomic E-state index is 0.000995. The van der Waals surface area contributed by atoms with Crippen molar-refractivity contribution in [3.8, 4) is 0 Å². The molecule has 3 nitrogen and oxygen atoms in total. The van der Waals surface area contributed by atoms with E-state index in [1.165, 1.54) is 9.75 Å². The van der Waals surface area contributed by atoms with Crippen LogP contribution in [0.1, 0.15) is 42.0 Å². The van der Waals surface area contributed by atoms with Gasteiger partial charge in [-0.2, -0.15) is 0 Å². The summed E-state index contributed by atoms with van der Waals surface area (Å²) in [6.07, 6.45) is 3.25. The molecule has 2 aliphatic heterocycles. The molecule has 3 atom stereocenters. The lowest BCUT2D eigenvalue weighted by Crippen LogP contribution is -2.47. The third-order valence-corrected chi connectivity index (χ3v) is 5.42. The van der Waals surface area contributed by atoms with Gasteiger partial charge in [-0.25, -0.2) is 0 Å². The fourth-order valence-corrected chi connectivity index (χ4v) is 4.04. The normalized spacial score (nSPS) is 32.8. The number of hydrogen-bond donors (Lipinski definition) is 1. The van der Waals surface area contributed by atoms with E-state index in [-0.39, 0.29) is 5.60 Å². The van der Waals surface area contributed by atoms with Crippen LogP contribution in [0.25, 0.3) is 0 Å². The van der Waals surface area contributed by atoms with Gasteiger partial charge in [0.1, 0.15) is 0 Å². The van der Waals surface area contributed by atoms with Crippen LogP contribution in [0, 0.1) is 6.92 Å². The first kappa shape index (κ1) is 13.6. The molecule has 3 heterocycles. The first-order chi connectivity index (χ1) is 9.17. The van der Waals surface area contributed by atoms with E-state index in [0.29, 0.717) is 12.1 Å². The summed E-state index contributed by atoms with van der Waals surface area (Å²) in [5.74, 6) is 0. The summed E-state index contributed by atoms with van der Waals surface area (Å²) in [4.78, 5) is 2.82. The summed E-state index contributed by atoms with van der Waals surface area (Å²) >= 11 is 1.89. The number of aryl methyl sites for hydroxylation is 1. The van der Waals surface area contributed by atoms with Crippen LogP contribution in [-0.4, -0.2) is 31.5 Å². The van der Waals surface area contributed by atoms with E-state index in [1.807, 2.05) is 11.3 Å². The number of thiophene rings is 1. The van der Waals surface area contributed by atoms with Gasteiger partial charge >= 0.3 is 0 Å². The molecule has 1 aromatic heterocycles. The second-order valence-corrected chi connectivity index (χ2v) is 7.18. The Bertz CT molecular complexity index is 426. The fraction of sp³-hybridized carbons (Fsp3) is 0.733. The molecule has 0 bridgehead atoms. The Morgan fingerprint density at radius 2 is 2.32 bits per heavy atom. The quantitative estimate of drug-likeness (QED) is 0.923. The Morgan fingerprint density at radius 1 is 1.42 bits per heavy atom. The number of rotatable bonds is 3. The second kappa shape index (κ2) is 5.52. The molecule has 3 unspecified atom stereocenters. The summed E-state index contributed by atoms with van der Waals surface area (Å²) < 4.78 is 11.5. The van der Waals surface area contributed by atoms with Gasteiger partial charge in [0.25, 0.3) is 0 Å². The average Bonchev–Trinajstić information content (AvgIpc) is 2.99. The summed E-state index contributed by atoms with van der Waals surface area (Å²) in [7, 11) is 0. The van der Waals surface area contributed by atoms with Crippen LogP contribution < -0.4 is 5.32 Å². The second-order valence-electron chi connectivity index (χ2n) is 5.86. The molecule has 2 saturated heterocycles. The van der Waals surface area contributed by atoms with Crippen molar-refractivity contribution in [1.82, 2.24) is 5.32 Å². The Kier molecular flexibility index (Phi) is 3.94. The molecule has 0 amide bonds. The standard InChI is InChI=1S/C15H23NO2S/c1-11-3-4-14(19-11)12(2)16-13-5-7-18-15(9-13)6-8-17-10-15/h3-4,12-13,16H,5-10H2,1-2H3. The third kappa shape index (κ3) is 3.02. The molecule has 1 aromatic rings. The van der Waals surface area contributed by atoms with Crippen molar-refractivity contribution >= 4 is 11.3 Å². The van der Waals surface area contributed by atoms with E-state index in [0.717, 1.165) is 39.1 Å². The van der Waals surface area contributed by atoms with Crippen LogP contribution in [0.4, 0.5) is 0 Å². The van der Waals surface area contributed by atoms with Crippen molar-refractivity contribution in [2.45, 2.75) is 50.8 Å². The molecule has 0 aliphatic carbocycles. The van der Waals surface area contributed by atoms with E-state index in [9.17, 15) is 0 Å². The zero-order chi connectivity index (χ0) is 13.3. The number of ether oxygens (including phenoxy) is 2. The first-order valence-electron chi connectivity index (χ1n) is 7.21. The zero-order valence-electron chi connectivity index (χ0n) is 11.8. The van der Waals surface area contributed by atoms with Gasteiger partial charge in [-0.1, -0.05) is 0 Å². The van der Waals surface area contributed by atoms with Crippen molar-refractivity contribution in [2.24, 2.45) is 0 Å². The summed E-state index contributed by atoms with van der Waals surface area (Å²) in [6.45, 7) is 6.92. The Balaban J connectivity index is 1.60. The molecule has 0 radical (unpaired) electrons. The predicted octanol–water partition coefficient (Wildman–Crippen LogP) is 3.05. The van der Waals surface area contributed by atoms with Crippen LogP contribution in [0.5, 0.6) is 0 Å². The van der Waals surface area contributed by atoms with E-state index in [4.69, 9.17) is 9.47 Å². The van der Waals surface area contributed by atoms with Gasteiger partial charge in [-0.3, -0.25) is 0 Å². The molecule has 2 aliphatic rings. The molecule has 106 valence electrons. The van der Waals surface area contributed by atoms with Crippen molar-refractivity contribution in [3.63, 3.8) is 0 Å². The lowest BCUT2D eigenvalue weighted by molar-refractivity contribution is -0.0902. The molecule has 0 saturated carbocycles. The van der Waals surface area contributed by atoms with Gasteiger partial charge in [-0.05, 0) is 38.8 Å². The molecular weight excluding hydrogens is 258 g/mol. The molecule has 2 fully saturated rings. The average molecular weight is 281 g/mol.